The van der Waals surface area contributed by atoms with Crippen LogP contribution in [0.15, 0.2) is 58.3 Å². The summed E-state index contributed by atoms with van der Waals surface area (Å²) >= 11 is 7.71. The standard InChI is InChI=1S/C23H24ClFN4O2S2/c1-28(17-7-10-29(13-17)23(8-9-23)16-5-3-2-4-6-16)20-12-19(25)21(11-18(20)24)33(30,31)27-22-14-32-15-26-22/h2-6,11-12,14-15,17,27H,7-10,13H2,1H3. The van der Waals surface area contributed by atoms with Gasteiger partial charge in [0.25, 0.3) is 10.0 Å². The molecule has 0 amide bonds. The molecule has 1 aliphatic carbocycles. The molecule has 0 bridgehead atoms. The topological polar surface area (TPSA) is 65.5 Å². The Morgan fingerprint density at radius 3 is 2.70 bits per heavy atom. The number of likely N-dealkylation sites (N-methyl/N-ethyl adjacent to an activating group) is 1. The number of hydrogen-bond donors (Lipinski definition) is 1. The van der Waals surface area contributed by atoms with E-state index in [-0.39, 0.29) is 22.4 Å². The van der Waals surface area contributed by atoms with E-state index in [1.54, 1.807) is 0 Å². The second-order valence-electron chi connectivity index (χ2n) is 8.61. The molecular weight excluding hydrogens is 483 g/mol. The quantitative estimate of drug-likeness (QED) is 0.492. The van der Waals surface area contributed by atoms with Gasteiger partial charge in [-0.1, -0.05) is 41.9 Å². The molecule has 0 radical (unpaired) electrons. The summed E-state index contributed by atoms with van der Waals surface area (Å²) in [7, 11) is -2.25. The average molecular weight is 507 g/mol. The van der Waals surface area contributed by atoms with E-state index >= 15 is 0 Å². The lowest BCUT2D eigenvalue weighted by Gasteiger charge is -2.31. The minimum absolute atomic E-state index is 0.102. The van der Waals surface area contributed by atoms with Crippen LogP contribution in [0.25, 0.3) is 0 Å². The van der Waals surface area contributed by atoms with Gasteiger partial charge in [-0.3, -0.25) is 9.62 Å². The summed E-state index contributed by atoms with van der Waals surface area (Å²) in [5, 5.41) is 1.73. The van der Waals surface area contributed by atoms with Crippen LogP contribution < -0.4 is 9.62 Å². The molecule has 6 nitrogen and oxygen atoms in total. The van der Waals surface area contributed by atoms with Crippen LogP contribution in [0.2, 0.25) is 5.02 Å². The lowest BCUT2D eigenvalue weighted by Crippen LogP contribution is -2.38. The number of hydrogen-bond acceptors (Lipinski definition) is 6. The molecule has 1 saturated heterocycles. The highest BCUT2D eigenvalue weighted by molar-refractivity contribution is 7.92. The number of benzene rings is 2. The fourth-order valence-corrected chi connectivity index (χ4v) is 6.75. The molecule has 1 saturated carbocycles. The van der Waals surface area contributed by atoms with E-state index in [9.17, 15) is 12.8 Å². The van der Waals surface area contributed by atoms with Crippen molar-refractivity contribution in [1.29, 1.82) is 0 Å². The summed E-state index contributed by atoms with van der Waals surface area (Å²) in [5.74, 6) is -0.697. The van der Waals surface area contributed by atoms with Crippen molar-refractivity contribution in [3.05, 3.63) is 69.8 Å². The van der Waals surface area contributed by atoms with Crippen molar-refractivity contribution in [2.24, 2.45) is 0 Å². The smallest absolute Gasteiger partial charge is 0.266 e. The van der Waals surface area contributed by atoms with Crippen molar-refractivity contribution in [2.45, 2.75) is 35.7 Å². The number of nitrogens with one attached hydrogen (secondary N) is 1. The van der Waals surface area contributed by atoms with Crippen LogP contribution in [0, 0.1) is 5.82 Å². The summed E-state index contributed by atoms with van der Waals surface area (Å²) in [6.07, 6.45) is 3.21. The number of rotatable bonds is 7. The highest BCUT2D eigenvalue weighted by Crippen LogP contribution is 2.52. The molecule has 2 aliphatic rings. The number of thiazole rings is 1. The number of likely N-dealkylation sites (tertiary alicyclic amines) is 1. The normalized spacial score (nSPS) is 20.0. The van der Waals surface area contributed by atoms with Crippen LogP contribution >= 0.6 is 22.9 Å². The molecule has 1 atom stereocenters. The van der Waals surface area contributed by atoms with Crippen LogP contribution in [0.1, 0.15) is 24.8 Å². The number of aromatic nitrogens is 1. The Hall–Kier alpha value is -2.20. The minimum atomic E-state index is -4.14. The number of sulfonamides is 1. The largest absolute Gasteiger partial charge is 0.369 e. The van der Waals surface area contributed by atoms with Crippen molar-refractivity contribution < 1.29 is 12.8 Å². The Morgan fingerprint density at radius 1 is 1.27 bits per heavy atom. The average Bonchev–Trinajstić information content (AvgIpc) is 3.19. The first-order chi connectivity index (χ1) is 15.8. The Labute approximate surface area is 202 Å². The molecule has 33 heavy (non-hydrogen) atoms. The highest BCUT2D eigenvalue weighted by atomic mass is 35.5. The maximum atomic E-state index is 15.0. The predicted molar refractivity (Wildman–Crippen MR) is 130 cm³/mol. The summed E-state index contributed by atoms with van der Waals surface area (Å²) in [6.45, 7) is 1.79. The Morgan fingerprint density at radius 2 is 2.03 bits per heavy atom. The minimum Gasteiger partial charge on any atom is -0.369 e. The van der Waals surface area contributed by atoms with E-state index in [1.807, 2.05) is 18.0 Å². The molecule has 174 valence electrons. The summed E-state index contributed by atoms with van der Waals surface area (Å²) in [5.41, 5.74) is 3.43. The SMILES string of the molecule is CN(c1cc(F)c(S(=O)(=O)Nc2cscn2)cc1Cl)C1CCN(C2(c3ccccc3)CC2)C1. The highest BCUT2D eigenvalue weighted by Gasteiger charge is 2.51. The molecule has 0 spiro atoms. The van der Waals surface area contributed by atoms with Gasteiger partial charge in [0.1, 0.15) is 10.7 Å². The molecule has 2 fully saturated rings. The Kier molecular flexibility index (Phi) is 5.84. The van der Waals surface area contributed by atoms with Crippen molar-refractivity contribution in [3.8, 4) is 0 Å². The van der Waals surface area contributed by atoms with Crippen LogP contribution in [0.4, 0.5) is 15.9 Å². The maximum absolute atomic E-state index is 15.0. The van der Waals surface area contributed by atoms with Crippen LogP contribution in [-0.4, -0.2) is 44.5 Å². The fourth-order valence-electron chi connectivity index (χ4n) is 4.75. The lowest BCUT2D eigenvalue weighted by atomic mass is 10.0. The van der Waals surface area contributed by atoms with E-state index in [4.69, 9.17) is 11.6 Å². The van der Waals surface area contributed by atoms with Gasteiger partial charge < -0.3 is 4.90 Å². The van der Waals surface area contributed by atoms with Gasteiger partial charge in [-0.15, -0.1) is 11.3 Å². The summed E-state index contributed by atoms with van der Waals surface area (Å²) < 4.78 is 42.5. The van der Waals surface area contributed by atoms with Gasteiger partial charge >= 0.3 is 0 Å². The van der Waals surface area contributed by atoms with E-state index in [0.29, 0.717) is 5.69 Å². The first-order valence-electron chi connectivity index (χ1n) is 10.7. The Balaban J connectivity index is 1.34. The monoisotopic (exact) mass is 506 g/mol. The van der Waals surface area contributed by atoms with Gasteiger partial charge in [-0.05, 0) is 30.9 Å². The van der Waals surface area contributed by atoms with E-state index in [1.165, 1.54) is 39.9 Å². The van der Waals surface area contributed by atoms with Crippen molar-refractivity contribution in [3.63, 3.8) is 0 Å². The third-order valence-corrected chi connectivity index (χ3v) is 8.95. The molecule has 2 aromatic carbocycles. The molecule has 1 N–H and O–H groups in total. The molecule has 5 rings (SSSR count). The Bertz CT molecular complexity index is 1250. The molecule has 1 aliphatic heterocycles. The summed E-state index contributed by atoms with van der Waals surface area (Å²) in [4.78, 5) is 7.88. The van der Waals surface area contributed by atoms with Crippen molar-refractivity contribution >= 4 is 44.5 Å². The zero-order valence-electron chi connectivity index (χ0n) is 18.0. The zero-order valence-corrected chi connectivity index (χ0v) is 20.4. The van der Waals surface area contributed by atoms with Gasteiger partial charge in [0.2, 0.25) is 0 Å². The molecular formula is C23H24ClFN4O2S2. The van der Waals surface area contributed by atoms with Crippen molar-refractivity contribution in [2.75, 3.05) is 29.8 Å². The van der Waals surface area contributed by atoms with Gasteiger partial charge in [0.05, 0.1) is 16.2 Å². The number of nitrogens with zero attached hydrogens (tertiary/aromatic N) is 3. The van der Waals surface area contributed by atoms with Gasteiger partial charge in [0.15, 0.2) is 5.82 Å². The summed E-state index contributed by atoms with van der Waals surface area (Å²) in [6, 6.07) is 13.1. The lowest BCUT2D eigenvalue weighted by molar-refractivity contribution is 0.220. The third-order valence-electron chi connectivity index (χ3n) is 6.69. The molecule has 1 aromatic heterocycles. The van der Waals surface area contributed by atoms with E-state index < -0.39 is 20.7 Å². The molecule has 2 heterocycles. The predicted octanol–water partition coefficient (Wildman–Crippen LogP) is 4.94. The van der Waals surface area contributed by atoms with Crippen molar-refractivity contribution in [1.82, 2.24) is 9.88 Å². The number of halogens is 2. The fraction of sp³-hybridized carbons (Fsp3) is 0.348. The van der Waals surface area contributed by atoms with Crippen LogP contribution in [0.5, 0.6) is 0 Å². The van der Waals surface area contributed by atoms with Crippen LogP contribution in [-0.2, 0) is 15.6 Å². The van der Waals surface area contributed by atoms with E-state index in [2.05, 4.69) is 38.9 Å². The maximum Gasteiger partial charge on any atom is 0.266 e. The van der Waals surface area contributed by atoms with Crippen LogP contribution in [0.3, 0.4) is 0 Å². The second kappa shape index (κ2) is 8.54. The van der Waals surface area contributed by atoms with E-state index in [0.717, 1.165) is 32.4 Å². The second-order valence-corrected chi connectivity index (χ2v) is 11.4. The van der Waals surface area contributed by atoms with Gasteiger partial charge in [0, 0.05) is 43.2 Å². The molecule has 1 unspecified atom stereocenters. The first kappa shape index (κ1) is 22.6. The van der Waals surface area contributed by atoms with Gasteiger partial charge in [-0.25, -0.2) is 17.8 Å². The third kappa shape index (κ3) is 4.23. The zero-order chi connectivity index (χ0) is 23.2. The van der Waals surface area contributed by atoms with Gasteiger partial charge in [-0.2, -0.15) is 0 Å². The number of anilines is 2. The first-order valence-corrected chi connectivity index (χ1v) is 13.5. The molecule has 10 heteroatoms. The molecule has 3 aromatic rings.